The van der Waals surface area contributed by atoms with Crippen molar-refractivity contribution in [1.82, 2.24) is 0 Å². The van der Waals surface area contributed by atoms with Crippen molar-refractivity contribution in [3.05, 3.63) is 119 Å². The Labute approximate surface area is 238 Å². The summed E-state index contributed by atoms with van der Waals surface area (Å²) in [5.74, 6) is 1.08. The molecule has 0 amide bonds. The number of nitrogens with zero attached hydrogens (tertiary/aromatic N) is 1. The number of thiocarbonyl (C=S) groups is 1. The van der Waals surface area contributed by atoms with Crippen LogP contribution < -0.4 is 20.0 Å². The molecule has 1 N–H and O–H groups in total. The quantitative estimate of drug-likeness (QED) is 0.135. The van der Waals surface area contributed by atoms with Gasteiger partial charge < -0.3 is 23.9 Å². The van der Waals surface area contributed by atoms with E-state index >= 15 is 0 Å². The van der Waals surface area contributed by atoms with E-state index in [0.29, 0.717) is 28.5 Å². The van der Waals surface area contributed by atoms with Crippen LogP contribution in [0.25, 0.3) is 21.7 Å². The number of anilines is 1. The van der Waals surface area contributed by atoms with Crippen molar-refractivity contribution in [2.24, 2.45) is 0 Å². The molecule has 0 radical (unpaired) electrons. The summed E-state index contributed by atoms with van der Waals surface area (Å²) in [5, 5.41) is 13.2. The Morgan fingerprint density at radius 1 is 0.925 bits per heavy atom. The smallest absolute Gasteiger partial charge is 0.336 e. The zero-order chi connectivity index (χ0) is 28.6. The maximum Gasteiger partial charge on any atom is 0.336 e. The minimum Gasteiger partial charge on any atom is -0.504 e. The number of aryl methyl sites for hydroxylation is 1. The Kier molecular flexibility index (Phi) is 9.19. The topological polar surface area (TPSA) is 72.1 Å². The van der Waals surface area contributed by atoms with Crippen LogP contribution in [0.2, 0.25) is 0 Å². The van der Waals surface area contributed by atoms with E-state index in [0.717, 1.165) is 22.4 Å². The highest BCUT2D eigenvalue weighted by Crippen LogP contribution is 2.30. The van der Waals surface area contributed by atoms with Gasteiger partial charge >= 0.3 is 5.63 Å². The zero-order valence-corrected chi connectivity index (χ0v) is 23.7. The average Bonchev–Trinajstić information content (AvgIpc) is 2.93. The molecule has 0 saturated heterocycles. The fourth-order valence-corrected chi connectivity index (χ4v) is 4.04. The summed E-state index contributed by atoms with van der Waals surface area (Å²) in [7, 11) is 1.91. The number of rotatable bonds is 5. The number of phenols is 1. The van der Waals surface area contributed by atoms with Gasteiger partial charge in [0.05, 0.1) is 0 Å². The number of hydrogen-bond donors (Lipinski definition) is 1. The first kappa shape index (κ1) is 28.4. The Bertz CT molecular complexity index is 1740. The van der Waals surface area contributed by atoms with Gasteiger partial charge in [0.2, 0.25) is 0 Å². The van der Waals surface area contributed by atoms with E-state index in [1.165, 1.54) is 29.1 Å². The van der Waals surface area contributed by atoms with E-state index in [2.05, 4.69) is 31.2 Å². The second-order valence-electron chi connectivity index (χ2n) is 9.48. The number of hydrogen-bond acceptors (Lipinski definition) is 6. The van der Waals surface area contributed by atoms with Gasteiger partial charge in [-0.25, -0.2) is 4.79 Å². The van der Waals surface area contributed by atoms with Crippen LogP contribution in [0.1, 0.15) is 19.4 Å². The van der Waals surface area contributed by atoms with Crippen LogP contribution in [0.15, 0.2) is 112 Å². The average molecular weight is 554 g/mol. The van der Waals surface area contributed by atoms with E-state index in [4.69, 9.17) is 26.1 Å². The Balaban J connectivity index is 0.000000189. The molecular formula is C33H31NO5S. The van der Waals surface area contributed by atoms with Crippen molar-refractivity contribution in [2.75, 3.05) is 18.6 Å². The Morgan fingerprint density at radius 3 is 2.42 bits per heavy atom. The predicted octanol–water partition coefficient (Wildman–Crippen LogP) is 7.79. The minimum atomic E-state index is -0.427. The van der Waals surface area contributed by atoms with Crippen molar-refractivity contribution in [1.29, 1.82) is 0 Å². The molecule has 5 rings (SSSR count). The van der Waals surface area contributed by atoms with E-state index in [1.807, 2.05) is 74.3 Å². The van der Waals surface area contributed by atoms with Crippen LogP contribution >= 0.6 is 12.2 Å². The molecule has 1 heterocycles. The molecule has 0 bridgehead atoms. The van der Waals surface area contributed by atoms with Gasteiger partial charge in [-0.2, -0.15) is 0 Å². The normalized spacial score (nSPS) is 10.4. The molecule has 0 aliphatic heterocycles. The predicted molar refractivity (Wildman–Crippen MR) is 166 cm³/mol. The lowest BCUT2D eigenvalue weighted by Gasteiger charge is -2.20. The first-order chi connectivity index (χ1) is 19.2. The largest absolute Gasteiger partial charge is 0.504 e. The van der Waals surface area contributed by atoms with Crippen LogP contribution in [-0.4, -0.2) is 23.9 Å². The maximum absolute atomic E-state index is 11.1. The molecule has 0 atom stereocenters. The molecule has 5 aromatic rings. The minimum absolute atomic E-state index is 0.0264. The molecule has 204 valence electrons. The van der Waals surface area contributed by atoms with Crippen LogP contribution in [0.3, 0.4) is 0 Å². The first-order valence-corrected chi connectivity index (χ1v) is 13.1. The monoisotopic (exact) mass is 553 g/mol. The van der Waals surface area contributed by atoms with Crippen molar-refractivity contribution >= 4 is 44.8 Å². The van der Waals surface area contributed by atoms with E-state index < -0.39 is 5.63 Å². The number of ether oxygens (including phenoxy) is 2. The molecule has 6 nitrogen and oxygen atoms in total. The number of fused-ring (bicyclic) bond motifs is 2. The highest BCUT2D eigenvalue weighted by Gasteiger charge is 2.10. The fourth-order valence-electron chi connectivity index (χ4n) is 3.84. The molecule has 0 aliphatic carbocycles. The van der Waals surface area contributed by atoms with Gasteiger partial charge in [-0.3, -0.25) is 0 Å². The SMILES string of the molecule is CC(C)=CCOc1cc2oc(=O)ccc2cc1O.Cc1cccc(N(C)C(=S)Oc2ccc3ccccc3c2)c1. The van der Waals surface area contributed by atoms with Crippen LogP contribution in [0.4, 0.5) is 5.69 Å². The van der Waals surface area contributed by atoms with Gasteiger partial charge in [-0.15, -0.1) is 0 Å². The second kappa shape index (κ2) is 13.0. The highest BCUT2D eigenvalue weighted by atomic mass is 32.1. The van der Waals surface area contributed by atoms with Crippen molar-refractivity contribution < 1.29 is 19.0 Å². The van der Waals surface area contributed by atoms with Crippen molar-refractivity contribution in [3.63, 3.8) is 0 Å². The zero-order valence-electron chi connectivity index (χ0n) is 22.9. The van der Waals surface area contributed by atoms with E-state index in [9.17, 15) is 9.90 Å². The molecule has 4 aromatic carbocycles. The summed E-state index contributed by atoms with van der Waals surface area (Å²) >= 11 is 5.41. The van der Waals surface area contributed by atoms with Crippen molar-refractivity contribution in [3.8, 4) is 17.2 Å². The number of aromatic hydroxyl groups is 1. The van der Waals surface area contributed by atoms with E-state index in [1.54, 1.807) is 6.07 Å². The lowest BCUT2D eigenvalue weighted by Crippen LogP contribution is -2.29. The maximum atomic E-state index is 11.1. The molecule has 0 spiro atoms. The molecule has 7 heteroatoms. The van der Waals surface area contributed by atoms with Gasteiger partial charge in [0, 0.05) is 30.3 Å². The summed E-state index contributed by atoms with van der Waals surface area (Å²) in [6.45, 7) is 6.34. The fraction of sp³-hybridized carbons (Fsp3) is 0.152. The van der Waals surface area contributed by atoms with Crippen molar-refractivity contribution in [2.45, 2.75) is 20.8 Å². The summed E-state index contributed by atoms with van der Waals surface area (Å²) < 4.78 is 16.3. The molecule has 0 fully saturated rings. The van der Waals surface area contributed by atoms with Gasteiger partial charge in [0.25, 0.3) is 5.17 Å². The first-order valence-electron chi connectivity index (χ1n) is 12.7. The number of allylic oxidation sites excluding steroid dienone is 1. The third kappa shape index (κ3) is 7.48. The van der Waals surface area contributed by atoms with Gasteiger partial charge in [-0.05, 0) is 91.8 Å². The summed E-state index contributed by atoms with van der Waals surface area (Å²) in [4.78, 5) is 13.0. The summed E-state index contributed by atoms with van der Waals surface area (Å²) in [6.07, 6.45) is 1.89. The Hall–Kier alpha value is -4.62. The molecule has 0 saturated carbocycles. The summed E-state index contributed by atoms with van der Waals surface area (Å²) in [5.41, 5.74) is 3.31. The van der Waals surface area contributed by atoms with Gasteiger partial charge in [0.1, 0.15) is 17.9 Å². The highest BCUT2D eigenvalue weighted by molar-refractivity contribution is 7.80. The van der Waals surface area contributed by atoms with Crippen LogP contribution in [0, 0.1) is 6.92 Å². The summed E-state index contributed by atoms with van der Waals surface area (Å²) in [6, 6.07) is 28.3. The lowest BCUT2D eigenvalue weighted by molar-refractivity contribution is 0.335. The molecule has 1 aromatic heterocycles. The molecule has 0 aliphatic rings. The van der Waals surface area contributed by atoms with Crippen LogP contribution in [0.5, 0.6) is 17.2 Å². The third-order valence-corrected chi connectivity index (χ3v) is 6.38. The standard InChI is InChI=1S/C19H17NOS.C14H14O4/c1-14-6-5-9-17(12-14)20(2)19(22)21-18-11-10-15-7-3-4-8-16(15)13-18;1-9(2)5-6-17-13-8-12-10(7-11(13)15)3-4-14(16)18-12/h3-13H,1-2H3;3-5,7-8,15H,6H2,1-2H3. The van der Waals surface area contributed by atoms with Gasteiger partial charge in [0.15, 0.2) is 11.5 Å². The molecule has 0 unspecified atom stereocenters. The van der Waals surface area contributed by atoms with Gasteiger partial charge in [-0.1, -0.05) is 48.0 Å². The number of benzene rings is 4. The molecular weight excluding hydrogens is 522 g/mol. The second-order valence-corrected chi connectivity index (χ2v) is 9.83. The van der Waals surface area contributed by atoms with Crippen LogP contribution in [-0.2, 0) is 0 Å². The third-order valence-electron chi connectivity index (χ3n) is 6.02. The van der Waals surface area contributed by atoms with E-state index in [-0.39, 0.29) is 5.75 Å². The number of phenolic OH excluding ortho intramolecular Hbond substituents is 1. The lowest BCUT2D eigenvalue weighted by atomic mass is 10.1. The Morgan fingerprint density at radius 2 is 1.68 bits per heavy atom. The molecule has 40 heavy (non-hydrogen) atoms.